The highest BCUT2D eigenvalue weighted by Gasteiger charge is 2.24. The highest BCUT2D eigenvalue weighted by Crippen LogP contribution is 2.20. The van der Waals surface area contributed by atoms with E-state index < -0.39 is 5.97 Å². The van der Waals surface area contributed by atoms with Crippen molar-refractivity contribution >= 4 is 5.97 Å². The lowest BCUT2D eigenvalue weighted by Crippen LogP contribution is -2.35. The van der Waals surface area contributed by atoms with Crippen molar-refractivity contribution in [2.75, 3.05) is 39.3 Å². The van der Waals surface area contributed by atoms with Crippen LogP contribution in [0.4, 0.5) is 0 Å². The van der Waals surface area contributed by atoms with Crippen LogP contribution in [0.25, 0.3) is 0 Å². The second-order valence-corrected chi connectivity index (χ2v) is 6.17. The first-order valence-electron chi connectivity index (χ1n) is 7.90. The van der Waals surface area contributed by atoms with Gasteiger partial charge >= 0.3 is 5.97 Å². The van der Waals surface area contributed by atoms with Gasteiger partial charge in [0.2, 0.25) is 0 Å². The Hall–Kier alpha value is -0.610. The molecule has 1 N–H and O–H groups in total. The highest BCUT2D eigenvalue weighted by atomic mass is 16.4. The standard InChI is InChI=1S/C15H28N2O2/c18-15(19)6-2-5-10-17-11-7-14(13-17)12-16-8-3-1-4-9-16/h14H,1-13H2,(H,18,19). The molecule has 110 valence electrons. The van der Waals surface area contributed by atoms with Crippen LogP contribution in [-0.2, 0) is 4.79 Å². The van der Waals surface area contributed by atoms with Crippen molar-refractivity contribution in [3.05, 3.63) is 0 Å². The van der Waals surface area contributed by atoms with Crippen LogP contribution in [0.1, 0.15) is 44.9 Å². The molecule has 4 heteroatoms. The van der Waals surface area contributed by atoms with Crippen LogP contribution in [0.5, 0.6) is 0 Å². The summed E-state index contributed by atoms with van der Waals surface area (Å²) < 4.78 is 0. The van der Waals surface area contributed by atoms with Crippen LogP contribution in [-0.4, -0.2) is 60.1 Å². The fourth-order valence-electron chi connectivity index (χ4n) is 3.38. The van der Waals surface area contributed by atoms with Crippen molar-refractivity contribution < 1.29 is 9.90 Å². The number of carbonyl (C=O) groups is 1. The maximum atomic E-state index is 10.4. The molecule has 1 unspecified atom stereocenters. The second kappa shape index (κ2) is 7.85. The van der Waals surface area contributed by atoms with E-state index in [0.717, 1.165) is 25.3 Å². The quantitative estimate of drug-likeness (QED) is 0.718. The number of nitrogens with zero attached hydrogens (tertiary/aromatic N) is 2. The smallest absolute Gasteiger partial charge is 0.303 e. The average molecular weight is 268 g/mol. The predicted octanol–water partition coefficient (Wildman–Crippen LogP) is 2.05. The Morgan fingerprint density at radius 1 is 1.05 bits per heavy atom. The van der Waals surface area contributed by atoms with E-state index in [2.05, 4.69) is 9.80 Å². The van der Waals surface area contributed by atoms with Gasteiger partial charge in [-0.15, -0.1) is 0 Å². The topological polar surface area (TPSA) is 43.8 Å². The molecule has 4 nitrogen and oxygen atoms in total. The summed E-state index contributed by atoms with van der Waals surface area (Å²) >= 11 is 0. The van der Waals surface area contributed by atoms with Crippen molar-refractivity contribution in [3.63, 3.8) is 0 Å². The van der Waals surface area contributed by atoms with Gasteiger partial charge in [-0.1, -0.05) is 6.42 Å². The third kappa shape index (κ3) is 5.49. The third-order valence-corrected chi connectivity index (χ3v) is 4.45. The summed E-state index contributed by atoms with van der Waals surface area (Å²) in [5.74, 6) is 0.182. The van der Waals surface area contributed by atoms with Crippen LogP contribution in [0.3, 0.4) is 0 Å². The first-order valence-corrected chi connectivity index (χ1v) is 7.90. The van der Waals surface area contributed by atoms with Gasteiger partial charge in [-0.25, -0.2) is 0 Å². The molecule has 2 saturated heterocycles. The lowest BCUT2D eigenvalue weighted by Gasteiger charge is -2.29. The lowest BCUT2D eigenvalue weighted by molar-refractivity contribution is -0.137. The largest absolute Gasteiger partial charge is 0.481 e. The van der Waals surface area contributed by atoms with Crippen LogP contribution in [0.2, 0.25) is 0 Å². The molecule has 2 fully saturated rings. The molecule has 0 spiro atoms. The molecule has 2 aliphatic rings. The van der Waals surface area contributed by atoms with E-state index in [-0.39, 0.29) is 0 Å². The first-order chi connectivity index (χ1) is 9.24. The molecule has 0 aromatic carbocycles. The van der Waals surface area contributed by atoms with Crippen molar-refractivity contribution in [2.45, 2.75) is 44.9 Å². The van der Waals surface area contributed by atoms with Crippen molar-refractivity contribution in [3.8, 4) is 0 Å². The average Bonchev–Trinajstić information content (AvgIpc) is 2.83. The molecule has 0 bridgehead atoms. The Bertz CT molecular complexity index is 277. The SMILES string of the molecule is O=C(O)CCCCN1CCC(CN2CCCCC2)C1. The number of hydrogen-bond donors (Lipinski definition) is 1. The Labute approximate surface area is 116 Å². The van der Waals surface area contributed by atoms with Gasteiger partial charge in [-0.3, -0.25) is 4.79 Å². The number of piperidine rings is 1. The van der Waals surface area contributed by atoms with Crippen molar-refractivity contribution in [1.29, 1.82) is 0 Å². The fraction of sp³-hybridized carbons (Fsp3) is 0.933. The van der Waals surface area contributed by atoms with E-state index >= 15 is 0 Å². The number of unbranched alkanes of at least 4 members (excludes halogenated alkanes) is 1. The maximum absolute atomic E-state index is 10.4. The molecule has 2 rings (SSSR count). The van der Waals surface area contributed by atoms with Gasteiger partial charge in [0.05, 0.1) is 0 Å². The van der Waals surface area contributed by atoms with Gasteiger partial charge in [0.1, 0.15) is 0 Å². The third-order valence-electron chi connectivity index (χ3n) is 4.45. The van der Waals surface area contributed by atoms with E-state index in [4.69, 9.17) is 5.11 Å². The normalized spacial score (nSPS) is 25.8. The fourth-order valence-corrected chi connectivity index (χ4v) is 3.38. The number of aliphatic carboxylic acids is 1. The summed E-state index contributed by atoms with van der Waals surface area (Å²) in [5.41, 5.74) is 0. The Morgan fingerprint density at radius 2 is 1.84 bits per heavy atom. The first kappa shape index (κ1) is 14.8. The summed E-state index contributed by atoms with van der Waals surface area (Å²) in [6, 6.07) is 0. The molecule has 19 heavy (non-hydrogen) atoms. The van der Waals surface area contributed by atoms with Crippen molar-refractivity contribution in [2.24, 2.45) is 5.92 Å². The molecule has 0 amide bonds. The lowest BCUT2D eigenvalue weighted by atomic mass is 10.1. The van der Waals surface area contributed by atoms with E-state index in [1.54, 1.807) is 0 Å². The summed E-state index contributed by atoms with van der Waals surface area (Å²) in [6.07, 6.45) is 7.68. The van der Waals surface area contributed by atoms with Gasteiger partial charge < -0.3 is 14.9 Å². The monoisotopic (exact) mass is 268 g/mol. The molecule has 0 radical (unpaired) electrons. The Kier molecular flexibility index (Phi) is 6.11. The Morgan fingerprint density at radius 3 is 2.58 bits per heavy atom. The summed E-state index contributed by atoms with van der Waals surface area (Å²) in [4.78, 5) is 15.6. The maximum Gasteiger partial charge on any atom is 0.303 e. The van der Waals surface area contributed by atoms with Crippen LogP contribution in [0, 0.1) is 5.92 Å². The minimum Gasteiger partial charge on any atom is -0.481 e. The number of likely N-dealkylation sites (tertiary alicyclic amines) is 2. The van der Waals surface area contributed by atoms with Crippen LogP contribution < -0.4 is 0 Å². The number of carboxylic acid groups (broad SMARTS) is 1. The minimum atomic E-state index is -0.663. The predicted molar refractivity (Wildman–Crippen MR) is 76.3 cm³/mol. The molecule has 0 saturated carbocycles. The van der Waals surface area contributed by atoms with E-state index in [0.29, 0.717) is 6.42 Å². The zero-order valence-electron chi connectivity index (χ0n) is 12.0. The van der Waals surface area contributed by atoms with Gasteiger partial charge in [-0.2, -0.15) is 0 Å². The van der Waals surface area contributed by atoms with E-state index in [1.807, 2.05) is 0 Å². The molecule has 2 aliphatic heterocycles. The zero-order chi connectivity index (χ0) is 13.5. The van der Waals surface area contributed by atoms with E-state index in [1.165, 1.54) is 58.4 Å². The van der Waals surface area contributed by atoms with Crippen LogP contribution >= 0.6 is 0 Å². The van der Waals surface area contributed by atoms with Gasteiger partial charge in [-0.05, 0) is 64.2 Å². The van der Waals surface area contributed by atoms with Gasteiger partial charge in [0.25, 0.3) is 0 Å². The minimum absolute atomic E-state index is 0.324. The molecule has 0 aromatic heterocycles. The molecular formula is C15H28N2O2. The summed E-state index contributed by atoms with van der Waals surface area (Å²) in [5, 5.41) is 8.61. The zero-order valence-corrected chi connectivity index (χ0v) is 12.0. The molecular weight excluding hydrogens is 240 g/mol. The number of hydrogen-bond acceptors (Lipinski definition) is 3. The second-order valence-electron chi connectivity index (χ2n) is 6.17. The van der Waals surface area contributed by atoms with Gasteiger partial charge in [0.15, 0.2) is 0 Å². The Balaban J connectivity index is 1.56. The van der Waals surface area contributed by atoms with Crippen LogP contribution in [0.15, 0.2) is 0 Å². The number of rotatable bonds is 7. The molecule has 2 heterocycles. The highest BCUT2D eigenvalue weighted by molar-refractivity contribution is 5.66. The van der Waals surface area contributed by atoms with Gasteiger partial charge in [0, 0.05) is 19.5 Å². The molecule has 0 aliphatic carbocycles. The van der Waals surface area contributed by atoms with E-state index in [9.17, 15) is 4.79 Å². The summed E-state index contributed by atoms with van der Waals surface area (Å²) in [7, 11) is 0. The molecule has 1 atom stereocenters. The number of carboxylic acids is 1. The van der Waals surface area contributed by atoms with Crippen molar-refractivity contribution in [1.82, 2.24) is 9.80 Å². The molecule has 0 aromatic rings. The summed E-state index contributed by atoms with van der Waals surface area (Å²) in [6.45, 7) is 7.41.